The lowest BCUT2D eigenvalue weighted by Gasteiger charge is -2.08. The first-order valence-electron chi connectivity index (χ1n) is 3.81. The van der Waals surface area contributed by atoms with Crippen LogP contribution >= 0.6 is 0 Å². The SMILES string of the molecule is CC(=O)NNC(=O)C(=O)NC(C)C. The average molecular weight is 187 g/mol. The zero-order valence-corrected chi connectivity index (χ0v) is 7.80. The van der Waals surface area contributed by atoms with Crippen molar-refractivity contribution in [1.29, 1.82) is 0 Å². The predicted octanol–water partition coefficient (Wildman–Crippen LogP) is -1.32. The summed E-state index contributed by atoms with van der Waals surface area (Å²) in [5, 5.41) is 2.36. The zero-order valence-electron chi connectivity index (χ0n) is 7.80. The molecule has 6 heteroatoms. The summed E-state index contributed by atoms with van der Waals surface area (Å²) in [5.41, 5.74) is 3.94. The van der Waals surface area contributed by atoms with E-state index >= 15 is 0 Å². The Morgan fingerprint density at radius 2 is 1.54 bits per heavy atom. The molecule has 0 bridgehead atoms. The van der Waals surface area contributed by atoms with Gasteiger partial charge in [-0.3, -0.25) is 25.2 Å². The molecule has 0 aliphatic rings. The van der Waals surface area contributed by atoms with Crippen molar-refractivity contribution in [3.8, 4) is 0 Å². The Morgan fingerprint density at radius 1 is 1.00 bits per heavy atom. The second kappa shape index (κ2) is 5.13. The molecule has 3 amide bonds. The fraction of sp³-hybridized carbons (Fsp3) is 0.571. The summed E-state index contributed by atoms with van der Waals surface area (Å²) in [7, 11) is 0. The van der Waals surface area contributed by atoms with Crippen molar-refractivity contribution in [2.45, 2.75) is 26.8 Å². The first-order valence-corrected chi connectivity index (χ1v) is 3.81. The third kappa shape index (κ3) is 5.66. The molecule has 0 spiro atoms. The number of carbonyl (C=O) groups is 3. The number of hydrazine groups is 1. The van der Waals surface area contributed by atoms with Crippen LogP contribution in [0.5, 0.6) is 0 Å². The van der Waals surface area contributed by atoms with E-state index < -0.39 is 17.7 Å². The quantitative estimate of drug-likeness (QED) is 0.351. The van der Waals surface area contributed by atoms with Gasteiger partial charge in [-0.1, -0.05) is 0 Å². The van der Waals surface area contributed by atoms with Gasteiger partial charge in [0.25, 0.3) is 0 Å². The van der Waals surface area contributed by atoms with E-state index in [1.807, 2.05) is 10.9 Å². The smallest absolute Gasteiger partial charge is 0.327 e. The van der Waals surface area contributed by atoms with Crippen LogP contribution in [0.2, 0.25) is 0 Å². The van der Waals surface area contributed by atoms with Gasteiger partial charge in [0, 0.05) is 13.0 Å². The second-order valence-corrected chi connectivity index (χ2v) is 2.76. The van der Waals surface area contributed by atoms with Crippen LogP contribution in [-0.4, -0.2) is 23.8 Å². The van der Waals surface area contributed by atoms with E-state index in [0.29, 0.717) is 0 Å². The summed E-state index contributed by atoms with van der Waals surface area (Å²) in [4.78, 5) is 32.1. The average Bonchev–Trinajstić information content (AvgIpc) is 1.98. The molecule has 0 rings (SSSR count). The monoisotopic (exact) mass is 187 g/mol. The lowest BCUT2D eigenvalue weighted by molar-refractivity contribution is -0.141. The molecule has 13 heavy (non-hydrogen) atoms. The molecule has 0 unspecified atom stereocenters. The maximum Gasteiger partial charge on any atom is 0.327 e. The maximum absolute atomic E-state index is 10.9. The highest BCUT2D eigenvalue weighted by atomic mass is 16.2. The van der Waals surface area contributed by atoms with Crippen LogP contribution in [0.1, 0.15) is 20.8 Å². The van der Waals surface area contributed by atoms with Gasteiger partial charge in [-0.15, -0.1) is 0 Å². The summed E-state index contributed by atoms with van der Waals surface area (Å²) >= 11 is 0. The summed E-state index contributed by atoms with van der Waals surface area (Å²) < 4.78 is 0. The van der Waals surface area contributed by atoms with Crippen LogP contribution < -0.4 is 16.2 Å². The third-order valence-corrected chi connectivity index (χ3v) is 0.978. The van der Waals surface area contributed by atoms with Crippen molar-refractivity contribution >= 4 is 17.7 Å². The normalized spacial score (nSPS) is 9.23. The fourth-order valence-electron chi connectivity index (χ4n) is 0.529. The highest BCUT2D eigenvalue weighted by molar-refractivity contribution is 6.35. The molecule has 0 aromatic carbocycles. The zero-order chi connectivity index (χ0) is 10.4. The second-order valence-electron chi connectivity index (χ2n) is 2.76. The lowest BCUT2D eigenvalue weighted by atomic mass is 10.4. The highest BCUT2D eigenvalue weighted by Gasteiger charge is 2.13. The van der Waals surface area contributed by atoms with Crippen LogP contribution in [0.4, 0.5) is 0 Å². The summed E-state index contributed by atoms with van der Waals surface area (Å²) in [5.74, 6) is -2.10. The molecular formula is C7H13N3O3. The van der Waals surface area contributed by atoms with Gasteiger partial charge >= 0.3 is 11.8 Å². The van der Waals surface area contributed by atoms with Crippen molar-refractivity contribution in [2.75, 3.05) is 0 Å². The van der Waals surface area contributed by atoms with Gasteiger partial charge in [0.05, 0.1) is 0 Å². The molecule has 74 valence electrons. The van der Waals surface area contributed by atoms with Crippen molar-refractivity contribution < 1.29 is 14.4 Å². The van der Waals surface area contributed by atoms with Gasteiger partial charge in [0.2, 0.25) is 5.91 Å². The summed E-state index contributed by atoms with van der Waals surface area (Å²) in [6.45, 7) is 4.67. The Labute approximate surface area is 76.0 Å². The Morgan fingerprint density at radius 3 is 1.92 bits per heavy atom. The highest BCUT2D eigenvalue weighted by Crippen LogP contribution is 1.76. The van der Waals surface area contributed by atoms with E-state index in [1.165, 1.54) is 6.92 Å². The number of hydrogen-bond acceptors (Lipinski definition) is 3. The Hall–Kier alpha value is -1.59. The molecular weight excluding hydrogens is 174 g/mol. The Kier molecular flexibility index (Phi) is 4.50. The van der Waals surface area contributed by atoms with E-state index in [2.05, 4.69) is 5.32 Å². The van der Waals surface area contributed by atoms with Crippen LogP contribution in [0.3, 0.4) is 0 Å². The van der Waals surface area contributed by atoms with E-state index in [9.17, 15) is 14.4 Å². The van der Waals surface area contributed by atoms with Crippen LogP contribution in [0.15, 0.2) is 0 Å². The standard InChI is InChI=1S/C7H13N3O3/c1-4(2)8-6(12)7(13)10-9-5(3)11/h4H,1-3H3,(H,8,12)(H,9,11)(H,10,13). The molecule has 6 nitrogen and oxygen atoms in total. The predicted molar refractivity (Wildman–Crippen MR) is 45.2 cm³/mol. The molecule has 0 saturated heterocycles. The van der Waals surface area contributed by atoms with Crippen molar-refractivity contribution in [3.05, 3.63) is 0 Å². The number of amides is 3. The van der Waals surface area contributed by atoms with Gasteiger partial charge in [-0.2, -0.15) is 0 Å². The molecule has 0 heterocycles. The minimum atomic E-state index is -0.885. The first-order chi connectivity index (χ1) is 5.93. The van der Waals surface area contributed by atoms with E-state index in [1.54, 1.807) is 13.8 Å². The van der Waals surface area contributed by atoms with Crippen molar-refractivity contribution in [2.24, 2.45) is 0 Å². The first kappa shape index (κ1) is 11.4. The number of nitrogens with one attached hydrogen (secondary N) is 3. The van der Waals surface area contributed by atoms with Gasteiger partial charge in [-0.05, 0) is 13.8 Å². The maximum atomic E-state index is 10.9. The molecule has 0 saturated carbocycles. The van der Waals surface area contributed by atoms with Crippen molar-refractivity contribution in [1.82, 2.24) is 16.2 Å². The molecule has 0 fully saturated rings. The van der Waals surface area contributed by atoms with Crippen LogP contribution in [0, 0.1) is 0 Å². The molecule has 0 aliphatic carbocycles. The summed E-state index contributed by atoms with van der Waals surface area (Å²) in [6, 6.07) is -0.115. The number of hydrogen-bond donors (Lipinski definition) is 3. The fourth-order valence-corrected chi connectivity index (χ4v) is 0.529. The van der Waals surface area contributed by atoms with Crippen molar-refractivity contribution in [3.63, 3.8) is 0 Å². The molecule has 0 aliphatic heterocycles. The lowest BCUT2D eigenvalue weighted by Crippen LogP contribution is -2.49. The van der Waals surface area contributed by atoms with E-state index in [0.717, 1.165) is 0 Å². The number of rotatable bonds is 1. The molecule has 0 radical (unpaired) electrons. The molecule has 0 aromatic rings. The van der Waals surface area contributed by atoms with Gasteiger partial charge < -0.3 is 5.32 Å². The van der Waals surface area contributed by atoms with Crippen LogP contribution in [-0.2, 0) is 14.4 Å². The third-order valence-electron chi connectivity index (χ3n) is 0.978. The molecule has 0 aromatic heterocycles. The minimum Gasteiger partial charge on any atom is -0.346 e. The Bertz CT molecular complexity index is 225. The summed E-state index contributed by atoms with van der Waals surface area (Å²) in [6.07, 6.45) is 0. The molecule has 0 atom stereocenters. The van der Waals surface area contributed by atoms with Gasteiger partial charge in [-0.25, -0.2) is 0 Å². The number of carbonyl (C=O) groups excluding carboxylic acids is 3. The minimum absolute atomic E-state index is 0.115. The van der Waals surface area contributed by atoms with E-state index in [4.69, 9.17) is 0 Å². The van der Waals surface area contributed by atoms with Crippen LogP contribution in [0.25, 0.3) is 0 Å². The van der Waals surface area contributed by atoms with Gasteiger partial charge in [0.1, 0.15) is 0 Å². The van der Waals surface area contributed by atoms with Gasteiger partial charge in [0.15, 0.2) is 0 Å². The topological polar surface area (TPSA) is 87.3 Å². The molecule has 3 N–H and O–H groups in total. The Balaban J connectivity index is 3.83. The largest absolute Gasteiger partial charge is 0.346 e. The van der Waals surface area contributed by atoms with E-state index in [-0.39, 0.29) is 6.04 Å².